The maximum atomic E-state index is 6.21. The van der Waals surface area contributed by atoms with Gasteiger partial charge in [0.05, 0.1) is 18.3 Å². The van der Waals surface area contributed by atoms with Gasteiger partial charge in [0.15, 0.2) is 0 Å². The van der Waals surface area contributed by atoms with Crippen molar-refractivity contribution in [1.82, 2.24) is 15.0 Å². The number of halogens is 1. The normalized spacial score (nSPS) is 21.0. The Morgan fingerprint density at radius 3 is 2.43 bits per heavy atom. The molecule has 122 valence electrons. The van der Waals surface area contributed by atoms with Crippen LogP contribution in [0.3, 0.4) is 0 Å². The molecule has 3 rings (SSSR count). The lowest BCUT2D eigenvalue weighted by Crippen LogP contribution is -2.26. The molecule has 2 aromatic rings. The minimum Gasteiger partial charge on any atom is -0.481 e. The van der Waals surface area contributed by atoms with Crippen LogP contribution >= 0.6 is 11.6 Å². The van der Waals surface area contributed by atoms with Crippen LogP contribution in [-0.2, 0) is 0 Å². The standard InChI is InChI=1S/C17H21ClN4O/c1-11-3-5-13(6-4-11)22-17-20-8-12(9-21-17)14-7-16(23-2)19-10-15(14)18/h7-11,13H,3-6H2,1-2H3,(H,20,21,22)/t11-,13-. The quantitative estimate of drug-likeness (QED) is 0.909. The number of aromatic nitrogens is 3. The maximum Gasteiger partial charge on any atom is 0.222 e. The molecule has 1 saturated carbocycles. The number of anilines is 1. The fraction of sp³-hybridized carbons (Fsp3) is 0.471. The van der Waals surface area contributed by atoms with E-state index in [1.807, 2.05) is 0 Å². The number of hydrogen-bond donors (Lipinski definition) is 1. The van der Waals surface area contributed by atoms with Crippen LogP contribution in [0.25, 0.3) is 11.1 Å². The molecule has 2 heterocycles. The summed E-state index contributed by atoms with van der Waals surface area (Å²) in [7, 11) is 1.58. The number of ether oxygens (including phenoxy) is 1. The molecule has 5 nitrogen and oxygen atoms in total. The van der Waals surface area contributed by atoms with Crippen molar-refractivity contribution in [3.8, 4) is 17.0 Å². The van der Waals surface area contributed by atoms with Gasteiger partial charge in [-0.15, -0.1) is 0 Å². The summed E-state index contributed by atoms with van der Waals surface area (Å²) in [6, 6.07) is 2.26. The molecular formula is C17H21ClN4O. The van der Waals surface area contributed by atoms with E-state index in [0.717, 1.165) is 17.0 Å². The topological polar surface area (TPSA) is 59.9 Å². The molecule has 0 atom stereocenters. The second kappa shape index (κ2) is 7.13. The van der Waals surface area contributed by atoms with Crippen molar-refractivity contribution in [2.75, 3.05) is 12.4 Å². The van der Waals surface area contributed by atoms with Crippen LogP contribution in [-0.4, -0.2) is 28.1 Å². The molecule has 0 aromatic carbocycles. The van der Waals surface area contributed by atoms with Gasteiger partial charge in [-0.3, -0.25) is 0 Å². The second-order valence-corrected chi connectivity index (χ2v) is 6.51. The van der Waals surface area contributed by atoms with Gasteiger partial charge in [0.2, 0.25) is 11.8 Å². The lowest BCUT2D eigenvalue weighted by molar-refractivity contribution is 0.360. The highest BCUT2D eigenvalue weighted by atomic mass is 35.5. The van der Waals surface area contributed by atoms with Gasteiger partial charge in [0.1, 0.15) is 0 Å². The SMILES string of the molecule is COc1cc(-c2cnc(N[C@H]3CC[C@H](C)CC3)nc2)c(Cl)cn1. The molecule has 0 aliphatic heterocycles. The number of pyridine rings is 1. The van der Waals surface area contributed by atoms with Crippen molar-refractivity contribution in [1.29, 1.82) is 0 Å². The van der Waals surface area contributed by atoms with Gasteiger partial charge in [-0.2, -0.15) is 0 Å². The number of methoxy groups -OCH3 is 1. The van der Waals surface area contributed by atoms with E-state index in [1.54, 1.807) is 31.8 Å². The zero-order valence-corrected chi connectivity index (χ0v) is 14.2. The number of nitrogens with one attached hydrogen (secondary N) is 1. The maximum absolute atomic E-state index is 6.21. The van der Waals surface area contributed by atoms with Crippen LogP contribution in [0.1, 0.15) is 32.6 Å². The Balaban J connectivity index is 1.72. The molecule has 0 unspecified atom stereocenters. The minimum absolute atomic E-state index is 0.474. The molecule has 6 heteroatoms. The van der Waals surface area contributed by atoms with E-state index in [1.165, 1.54) is 25.7 Å². The Kier molecular flexibility index (Phi) is 4.96. The predicted molar refractivity (Wildman–Crippen MR) is 91.9 cm³/mol. The van der Waals surface area contributed by atoms with E-state index in [2.05, 4.69) is 27.2 Å². The van der Waals surface area contributed by atoms with Crippen LogP contribution in [0.2, 0.25) is 5.02 Å². The molecule has 1 aliphatic carbocycles. The third kappa shape index (κ3) is 3.91. The van der Waals surface area contributed by atoms with E-state index in [0.29, 0.717) is 22.9 Å². The molecule has 0 spiro atoms. The summed E-state index contributed by atoms with van der Waals surface area (Å²) < 4.78 is 5.14. The average Bonchev–Trinajstić information content (AvgIpc) is 2.58. The van der Waals surface area contributed by atoms with Crippen molar-refractivity contribution in [3.05, 3.63) is 29.7 Å². The van der Waals surface area contributed by atoms with Gasteiger partial charge in [0.25, 0.3) is 0 Å². The predicted octanol–water partition coefficient (Wildman–Crippen LogP) is 4.19. The summed E-state index contributed by atoms with van der Waals surface area (Å²) in [5.41, 5.74) is 1.66. The number of hydrogen-bond acceptors (Lipinski definition) is 5. The second-order valence-electron chi connectivity index (χ2n) is 6.10. The Morgan fingerprint density at radius 1 is 1.09 bits per heavy atom. The lowest BCUT2D eigenvalue weighted by atomic mass is 9.87. The highest BCUT2D eigenvalue weighted by Crippen LogP contribution is 2.30. The summed E-state index contributed by atoms with van der Waals surface area (Å²) in [6.07, 6.45) is 10.0. The monoisotopic (exact) mass is 332 g/mol. The molecule has 23 heavy (non-hydrogen) atoms. The van der Waals surface area contributed by atoms with Crippen molar-refractivity contribution >= 4 is 17.5 Å². The summed E-state index contributed by atoms with van der Waals surface area (Å²) in [6.45, 7) is 2.31. The Hall–Kier alpha value is -1.88. The van der Waals surface area contributed by atoms with Gasteiger partial charge < -0.3 is 10.1 Å². The molecule has 1 N–H and O–H groups in total. The third-order valence-electron chi connectivity index (χ3n) is 4.35. The summed E-state index contributed by atoms with van der Waals surface area (Å²) in [5, 5.41) is 3.98. The minimum atomic E-state index is 0.474. The van der Waals surface area contributed by atoms with Crippen molar-refractivity contribution in [3.63, 3.8) is 0 Å². The van der Waals surface area contributed by atoms with Gasteiger partial charge in [-0.05, 0) is 31.6 Å². The third-order valence-corrected chi connectivity index (χ3v) is 4.65. The fourth-order valence-corrected chi connectivity index (χ4v) is 3.09. The van der Waals surface area contributed by atoms with Crippen molar-refractivity contribution in [2.45, 2.75) is 38.6 Å². The van der Waals surface area contributed by atoms with E-state index in [-0.39, 0.29) is 0 Å². The average molecular weight is 333 g/mol. The summed E-state index contributed by atoms with van der Waals surface area (Å²) in [5.74, 6) is 2.02. The zero-order valence-electron chi connectivity index (χ0n) is 13.4. The van der Waals surface area contributed by atoms with E-state index >= 15 is 0 Å². The van der Waals surface area contributed by atoms with E-state index < -0.39 is 0 Å². The zero-order chi connectivity index (χ0) is 16.2. The van der Waals surface area contributed by atoms with Gasteiger partial charge in [-0.1, -0.05) is 18.5 Å². The highest BCUT2D eigenvalue weighted by Gasteiger charge is 2.18. The number of nitrogens with zero attached hydrogens (tertiary/aromatic N) is 3. The Labute approximate surface area is 141 Å². The van der Waals surface area contributed by atoms with Crippen LogP contribution in [0.4, 0.5) is 5.95 Å². The first-order valence-corrected chi connectivity index (χ1v) is 8.32. The summed E-state index contributed by atoms with van der Waals surface area (Å²) >= 11 is 6.21. The van der Waals surface area contributed by atoms with Crippen molar-refractivity contribution in [2.24, 2.45) is 5.92 Å². The highest BCUT2D eigenvalue weighted by molar-refractivity contribution is 6.33. The molecule has 0 bridgehead atoms. The summed E-state index contributed by atoms with van der Waals surface area (Å²) in [4.78, 5) is 12.9. The largest absolute Gasteiger partial charge is 0.481 e. The molecule has 1 aliphatic rings. The van der Waals surface area contributed by atoms with Crippen LogP contribution in [0, 0.1) is 5.92 Å². The number of rotatable bonds is 4. The lowest BCUT2D eigenvalue weighted by Gasteiger charge is -2.26. The Bertz CT molecular complexity index is 654. The first-order valence-electron chi connectivity index (χ1n) is 7.94. The first-order chi connectivity index (χ1) is 11.2. The van der Waals surface area contributed by atoms with E-state index in [4.69, 9.17) is 16.3 Å². The molecule has 2 aromatic heterocycles. The van der Waals surface area contributed by atoms with Crippen LogP contribution in [0.15, 0.2) is 24.7 Å². The smallest absolute Gasteiger partial charge is 0.222 e. The molecular weight excluding hydrogens is 312 g/mol. The van der Waals surface area contributed by atoms with Crippen LogP contribution < -0.4 is 10.1 Å². The fourth-order valence-electron chi connectivity index (χ4n) is 2.88. The van der Waals surface area contributed by atoms with Gasteiger partial charge in [0, 0.05) is 35.6 Å². The van der Waals surface area contributed by atoms with Gasteiger partial charge >= 0.3 is 0 Å². The molecule has 1 fully saturated rings. The van der Waals surface area contributed by atoms with Crippen LogP contribution in [0.5, 0.6) is 5.88 Å². The Morgan fingerprint density at radius 2 is 1.78 bits per heavy atom. The molecule has 0 amide bonds. The van der Waals surface area contributed by atoms with E-state index in [9.17, 15) is 0 Å². The molecule has 0 radical (unpaired) electrons. The first kappa shape index (κ1) is 16.0. The molecule has 0 saturated heterocycles. The van der Waals surface area contributed by atoms with Crippen molar-refractivity contribution < 1.29 is 4.74 Å². The van der Waals surface area contributed by atoms with Gasteiger partial charge in [-0.25, -0.2) is 15.0 Å².